The fraction of sp³-hybridized carbons (Fsp3) is 0.125. The van der Waals surface area contributed by atoms with Gasteiger partial charge in [-0.3, -0.25) is 4.98 Å². The van der Waals surface area contributed by atoms with Gasteiger partial charge in [0.1, 0.15) is 11.6 Å². The molecule has 2 N–H and O–H groups in total. The van der Waals surface area contributed by atoms with Crippen molar-refractivity contribution in [1.29, 1.82) is 0 Å². The van der Waals surface area contributed by atoms with Crippen LogP contribution in [0.4, 0.5) is 4.39 Å². The van der Waals surface area contributed by atoms with E-state index in [0.29, 0.717) is 11.7 Å². The summed E-state index contributed by atoms with van der Waals surface area (Å²) in [5.41, 5.74) is 4.61. The highest BCUT2D eigenvalue weighted by Gasteiger charge is 2.28. The molecule has 1 aliphatic rings. The second-order valence-corrected chi connectivity index (χ2v) is 7.80. The summed E-state index contributed by atoms with van der Waals surface area (Å²) in [6.45, 7) is 3.83. The van der Waals surface area contributed by atoms with Gasteiger partial charge >= 0.3 is 0 Å². The molecule has 2 aromatic heterocycles. The van der Waals surface area contributed by atoms with Gasteiger partial charge in [-0.05, 0) is 56.3 Å². The molecule has 0 unspecified atom stereocenters. The monoisotopic (exact) mass is 413 g/mol. The molecule has 2 aromatic carbocycles. The minimum absolute atomic E-state index is 0.285. The Morgan fingerprint density at radius 1 is 0.871 bits per heavy atom. The van der Waals surface area contributed by atoms with Crippen LogP contribution >= 0.6 is 0 Å². The van der Waals surface area contributed by atoms with Crippen LogP contribution in [0.25, 0.3) is 33.9 Å². The molecule has 0 aliphatic carbocycles. The fourth-order valence-electron chi connectivity index (χ4n) is 3.48. The number of halogens is 1. The minimum Gasteiger partial charge on any atom is -0.366 e. The quantitative estimate of drug-likeness (QED) is 0.496. The maximum absolute atomic E-state index is 13.5. The van der Waals surface area contributed by atoms with E-state index in [-0.39, 0.29) is 5.82 Å². The van der Waals surface area contributed by atoms with Gasteiger partial charge in [-0.2, -0.15) is 0 Å². The van der Waals surface area contributed by atoms with Crippen LogP contribution in [0, 0.1) is 5.82 Å². The summed E-state index contributed by atoms with van der Waals surface area (Å²) < 4.78 is 13.5. The summed E-state index contributed by atoms with van der Waals surface area (Å²) in [4.78, 5) is 17.8. The highest BCUT2D eigenvalue weighted by Crippen LogP contribution is 2.33. The molecule has 0 fully saturated rings. The van der Waals surface area contributed by atoms with Gasteiger partial charge in [-0.1, -0.05) is 23.4 Å². The Labute approximate surface area is 178 Å². The number of pyridine rings is 1. The number of nitrogens with zero attached hydrogens (tertiary/aromatic N) is 3. The van der Waals surface area contributed by atoms with E-state index in [4.69, 9.17) is 9.82 Å². The van der Waals surface area contributed by atoms with E-state index in [1.54, 1.807) is 24.5 Å². The Hall–Kier alpha value is -4.00. The molecule has 0 bridgehead atoms. The Bertz CT molecular complexity index is 1260. The lowest BCUT2D eigenvalue weighted by Crippen LogP contribution is -2.38. The van der Waals surface area contributed by atoms with Crippen molar-refractivity contribution in [3.63, 3.8) is 0 Å². The molecule has 0 spiro atoms. The highest BCUT2D eigenvalue weighted by atomic mass is 19.1. The number of hydrogen-bond acceptors (Lipinski definition) is 5. The Morgan fingerprint density at radius 3 is 2.32 bits per heavy atom. The van der Waals surface area contributed by atoms with Crippen LogP contribution in [0.5, 0.6) is 0 Å². The average molecular weight is 413 g/mol. The van der Waals surface area contributed by atoms with Crippen molar-refractivity contribution in [2.24, 2.45) is 5.16 Å². The lowest BCUT2D eigenvalue weighted by molar-refractivity contribution is -0.00234. The van der Waals surface area contributed by atoms with Crippen molar-refractivity contribution in [2.75, 3.05) is 0 Å². The number of imidazole rings is 1. The highest BCUT2D eigenvalue weighted by molar-refractivity contribution is 6.00. The maximum atomic E-state index is 13.5. The number of H-pyrrole nitrogens is 1. The molecule has 154 valence electrons. The lowest BCUT2D eigenvalue weighted by atomic mass is 10.1. The van der Waals surface area contributed by atoms with Crippen molar-refractivity contribution in [3.05, 3.63) is 84.4 Å². The van der Waals surface area contributed by atoms with Crippen LogP contribution in [0.3, 0.4) is 0 Å². The Morgan fingerprint density at radius 2 is 1.61 bits per heavy atom. The molecular weight excluding hydrogens is 393 g/mol. The molecule has 0 radical (unpaired) electrons. The number of aromatic amines is 1. The van der Waals surface area contributed by atoms with Gasteiger partial charge in [0.25, 0.3) is 0 Å². The standard InChI is InChI=1S/C24H20FN5O/c1-24(2)29-23(30-31-24)18-5-3-4-17(14-18)22-27-20(15-6-8-19(25)9-7-15)21(28-22)16-10-12-26-13-11-16/h3-14H,1-2H3,(H,27,28)(H,29,30). The van der Waals surface area contributed by atoms with Gasteiger partial charge in [0.15, 0.2) is 5.84 Å². The number of hydrogen-bond donors (Lipinski definition) is 2. The van der Waals surface area contributed by atoms with Gasteiger partial charge in [0.05, 0.1) is 11.4 Å². The number of aromatic nitrogens is 3. The molecule has 6 nitrogen and oxygen atoms in total. The number of oxime groups is 1. The molecule has 0 atom stereocenters. The number of nitrogens with one attached hydrogen (secondary N) is 2. The Balaban J connectivity index is 1.59. The third-order valence-corrected chi connectivity index (χ3v) is 4.98. The molecule has 4 aromatic rings. The van der Waals surface area contributed by atoms with Crippen LogP contribution in [0.2, 0.25) is 0 Å². The predicted octanol–water partition coefficient (Wildman–Crippen LogP) is 4.96. The molecular formula is C24H20FN5O. The molecule has 0 saturated carbocycles. The largest absolute Gasteiger partial charge is 0.366 e. The molecule has 0 saturated heterocycles. The molecule has 1 aliphatic heterocycles. The smallest absolute Gasteiger partial charge is 0.203 e. The fourth-order valence-corrected chi connectivity index (χ4v) is 3.48. The van der Waals surface area contributed by atoms with Crippen LogP contribution in [0.15, 0.2) is 78.2 Å². The van der Waals surface area contributed by atoms with Gasteiger partial charge in [0.2, 0.25) is 5.72 Å². The summed E-state index contributed by atoms with van der Waals surface area (Å²) in [7, 11) is 0. The zero-order chi connectivity index (χ0) is 21.4. The topological polar surface area (TPSA) is 75.2 Å². The average Bonchev–Trinajstić information content (AvgIpc) is 3.39. The first-order valence-corrected chi connectivity index (χ1v) is 9.90. The summed E-state index contributed by atoms with van der Waals surface area (Å²) in [6, 6.07) is 18.1. The molecule has 3 heterocycles. The normalized spacial score (nSPS) is 14.6. The maximum Gasteiger partial charge on any atom is 0.203 e. The first-order valence-electron chi connectivity index (χ1n) is 9.90. The van der Waals surface area contributed by atoms with E-state index in [9.17, 15) is 4.39 Å². The zero-order valence-corrected chi connectivity index (χ0v) is 17.1. The third kappa shape index (κ3) is 3.77. The summed E-state index contributed by atoms with van der Waals surface area (Å²) >= 11 is 0. The third-order valence-electron chi connectivity index (χ3n) is 4.98. The van der Waals surface area contributed by atoms with Crippen LogP contribution in [-0.2, 0) is 4.84 Å². The van der Waals surface area contributed by atoms with Crippen LogP contribution < -0.4 is 5.32 Å². The molecule has 7 heteroatoms. The van der Waals surface area contributed by atoms with Crippen molar-refractivity contribution in [3.8, 4) is 33.9 Å². The summed E-state index contributed by atoms with van der Waals surface area (Å²) in [6.07, 6.45) is 3.47. The Kier molecular flexibility index (Phi) is 4.51. The predicted molar refractivity (Wildman–Crippen MR) is 117 cm³/mol. The van der Waals surface area contributed by atoms with E-state index in [1.807, 2.05) is 50.2 Å². The van der Waals surface area contributed by atoms with Crippen molar-refractivity contribution >= 4 is 5.84 Å². The van der Waals surface area contributed by atoms with E-state index >= 15 is 0 Å². The number of amidine groups is 1. The molecule has 5 rings (SSSR count). The van der Waals surface area contributed by atoms with E-state index in [2.05, 4.69) is 20.4 Å². The number of rotatable bonds is 4. The number of benzene rings is 2. The van der Waals surface area contributed by atoms with Gasteiger partial charge in [-0.15, -0.1) is 0 Å². The summed E-state index contributed by atoms with van der Waals surface area (Å²) in [5.74, 6) is 1.09. The first-order chi connectivity index (χ1) is 15.0. The van der Waals surface area contributed by atoms with Crippen molar-refractivity contribution < 1.29 is 9.23 Å². The van der Waals surface area contributed by atoms with Gasteiger partial charge < -0.3 is 15.1 Å². The zero-order valence-electron chi connectivity index (χ0n) is 17.1. The molecule has 0 amide bonds. The second-order valence-electron chi connectivity index (χ2n) is 7.80. The van der Waals surface area contributed by atoms with Crippen LogP contribution in [0.1, 0.15) is 19.4 Å². The molecule has 31 heavy (non-hydrogen) atoms. The van der Waals surface area contributed by atoms with Crippen molar-refractivity contribution in [1.82, 2.24) is 20.3 Å². The van der Waals surface area contributed by atoms with E-state index in [1.165, 1.54) is 12.1 Å². The van der Waals surface area contributed by atoms with Crippen molar-refractivity contribution in [2.45, 2.75) is 19.6 Å². The van der Waals surface area contributed by atoms with Gasteiger partial charge in [0, 0.05) is 34.6 Å². The van der Waals surface area contributed by atoms with Gasteiger partial charge in [-0.25, -0.2) is 9.37 Å². The van der Waals surface area contributed by atoms with Crippen LogP contribution in [-0.4, -0.2) is 26.5 Å². The van der Waals surface area contributed by atoms with E-state index < -0.39 is 5.72 Å². The van der Waals surface area contributed by atoms with E-state index in [0.717, 1.165) is 33.6 Å². The first kappa shape index (κ1) is 19.0. The lowest BCUT2D eigenvalue weighted by Gasteiger charge is -2.16. The SMILES string of the molecule is CC1(C)NC(c2cccc(-c3nc(-c4ccc(F)cc4)c(-c4ccncc4)[nH]3)c2)=NO1. The summed E-state index contributed by atoms with van der Waals surface area (Å²) in [5, 5.41) is 7.41. The second kappa shape index (κ2) is 7.36. The minimum atomic E-state index is -0.541.